The number of amides is 1. The molecule has 0 atom stereocenters. The fourth-order valence-electron chi connectivity index (χ4n) is 3.21. The quantitative estimate of drug-likeness (QED) is 0.423. The van der Waals surface area contributed by atoms with Gasteiger partial charge in [-0.3, -0.25) is 9.59 Å². The van der Waals surface area contributed by atoms with E-state index in [4.69, 9.17) is 14.2 Å². The third-order valence-corrected chi connectivity index (χ3v) is 5.01. The number of methoxy groups -OCH3 is 3. The van der Waals surface area contributed by atoms with E-state index < -0.39 is 11.5 Å². The van der Waals surface area contributed by atoms with E-state index in [0.29, 0.717) is 28.5 Å². The van der Waals surface area contributed by atoms with E-state index >= 15 is 0 Å². The average molecular weight is 461 g/mol. The second-order valence-corrected chi connectivity index (χ2v) is 7.17. The molecule has 2 aromatic carbocycles. The molecule has 1 N–H and O–H groups in total. The van der Waals surface area contributed by atoms with Gasteiger partial charge in [-0.15, -0.1) is 0 Å². The lowest BCUT2D eigenvalue weighted by atomic mass is 10.1. The Morgan fingerprint density at radius 2 is 1.71 bits per heavy atom. The zero-order valence-corrected chi connectivity index (χ0v) is 19.4. The molecule has 0 aliphatic carbocycles. The molecule has 0 bridgehead atoms. The number of nitrogens with one attached hydrogen (secondary N) is 1. The van der Waals surface area contributed by atoms with Crippen LogP contribution in [0.4, 0.5) is 0 Å². The Labute approximate surface area is 196 Å². The van der Waals surface area contributed by atoms with Crippen molar-refractivity contribution < 1.29 is 19.0 Å². The number of rotatable bonds is 7. The first-order chi connectivity index (χ1) is 16.3. The predicted molar refractivity (Wildman–Crippen MR) is 125 cm³/mol. The molecule has 0 saturated heterocycles. The smallest absolute Gasteiger partial charge is 0.292 e. The normalized spacial score (nSPS) is 10.6. The van der Waals surface area contributed by atoms with Crippen molar-refractivity contribution in [2.24, 2.45) is 5.10 Å². The second kappa shape index (κ2) is 10.3. The number of hydrogen-bond acceptors (Lipinski definition) is 8. The van der Waals surface area contributed by atoms with Crippen LogP contribution in [-0.2, 0) is 0 Å². The molecule has 0 saturated carbocycles. The minimum absolute atomic E-state index is 0.0984. The molecule has 10 nitrogen and oxygen atoms in total. The van der Waals surface area contributed by atoms with Crippen LogP contribution in [0.1, 0.15) is 32.7 Å². The Morgan fingerprint density at radius 3 is 2.24 bits per heavy atom. The number of hydrogen-bond donors (Lipinski definition) is 1. The molecule has 0 aliphatic rings. The highest BCUT2D eigenvalue weighted by molar-refractivity contribution is 5.94. The highest BCUT2D eigenvalue weighted by atomic mass is 16.5. The Morgan fingerprint density at radius 1 is 1.09 bits per heavy atom. The minimum Gasteiger partial charge on any atom is -0.493 e. The third kappa shape index (κ3) is 4.73. The van der Waals surface area contributed by atoms with Crippen molar-refractivity contribution in [3.63, 3.8) is 0 Å². The van der Waals surface area contributed by atoms with Crippen molar-refractivity contribution in [2.45, 2.75) is 13.8 Å². The summed E-state index contributed by atoms with van der Waals surface area (Å²) in [5, 5.41) is 17.7. The lowest BCUT2D eigenvalue weighted by molar-refractivity contribution is 0.0947. The van der Waals surface area contributed by atoms with Gasteiger partial charge < -0.3 is 14.2 Å². The number of aryl methyl sites for hydroxylation is 1. The maximum Gasteiger partial charge on any atom is 0.292 e. The van der Waals surface area contributed by atoms with Gasteiger partial charge >= 0.3 is 0 Å². The van der Waals surface area contributed by atoms with Gasteiger partial charge in [0, 0.05) is 11.1 Å². The van der Waals surface area contributed by atoms with Crippen LogP contribution in [-0.4, -0.2) is 43.2 Å². The fourth-order valence-corrected chi connectivity index (χ4v) is 3.21. The van der Waals surface area contributed by atoms with Crippen molar-refractivity contribution >= 4 is 12.1 Å². The first kappa shape index (κ1) is 24.0. The summed E-state index contributed by atoms with van der Waals surface area (Å²) in [7, 11) is 4.48. The number of hydrazone groups is 1. The first-order valence-electron chi connectivity index (χ1n) is 10.1. The molecule has 10 heteroatoms. The van der Waals surface area contributed by atoms with Crippen LogP contribution in [0.25, 0.3) is 5.69 Å². The Bertz CT molecular complexity index is 1330. The van der Waals surface area contributed by atoms with Crippen LogP contribution >= 0.6 is 0 Å². The third-order valence-electron chi connectivity index (χ3n) is 5.01. The summed E-state index contributed by atoms with van der Waals surface area (Å²) < 4.78 is 16.9. The Kier molecular flexibility index (Phi) is 7.28. The zero-order valence-electron chi connectivity index (χ0n) is 19.4. The number of nitrogens with zero attached hydrogens (tertiary/aromatic N) is 4. The van der Waals surface area contributed by atoms with Gasteiger partial charge in [0.15, 0.2) is 17.2 Å². The van der Waals surface area contributed by atoms with E-state index in [1.54, 1.807) is 36.4 Å². The molecule has 0 spiro atoms. The van der Waals surface area contributed by atoms with E-state index in [1.807, 2.05) is 13.0 Å². The first-order valence-corrected chi connectivity index (χ1v) is 10.1. The van der Waals surface area contributed by atoms with E-state index in [2.05, 4.69) is 15.6 Å². The molecule has 1 amide bonds. The lowest BCUT2D eigenvalue weighted by Crippen LogP contribution is -2.31. The predicted octanol–water partition coefficient (Wildman–Crippen LogP) is 2.51. The van der Waals surface area contributed by atoms with Crippen molar-refractivity contribution in [1.82, 2.24) is 15.2 Å². The molecule has 34 heavy (non-hydrogen) atoms. The Hall–Kier alpha value is -4.65. The van der Waals surface area contributed by atoms with Crippen LogP contribution < -0.4 is 25.2 Å². The molecule has 1 heterocycles. The summed E-state index contributed by atoms with van der Waals surface area (Å²) in [5.74, 6) is 0.596. The van der Waals surface area contributed by atoms with Crippen molar-refractivity contribution in [3.8, 4) is 29.0 Å². The molecule has 0 unspecified atom stereocenters. The van der Waals surface area contributed by atoms with E-state index in [9.17, 15) is 14.9 Å². The maximum atomic E-state index is 12.8. The molecular formula is C24H23N5O5. The van der Waals surface area contributed by atoms with Crippen LogP contribution in [0.2, 0.25) is 0 Å². The number of ether oxygens (including phenoxy) is 3. The van der Waals surface area contributed by atoms with E-state index in [1.165, 1.54) is 34.5 Å². The largest absolute Gasteiger partial charge is 0.493 e. The molecule has 0 aliphatic heterocycles. The number of aromatic nitrogens is 2. The molecule has 0 radical (unpaired) electrons. The number of carbonyl (C=O) groups excluding carboxylic acids is 1. The van der Waals surface area contributed by atoms with Gasteiger partial charge in [0.25, 0.3) is 11.5 Å². The number of nitriles is 1. The summed E-state index contributed by atoms with van der Waals surface area (Å²) in [5.41, 5.74) is 3.66. The summed E-state index contributed by atoms with van der Waals surface area (Å²) in [6, 6.07) is 12.2. The monoisotopic (exact) mass is 461 g/mol. The summed E-state index contributed by atoms with van der Waals surface area (Å²) in [6.07, 6.45) is 1.39. The van der Waals surface area contributed by atoms with Crippen LogP contribution in [0.3, 0.4) is 0 Å². The zero-order chi connectivity index (χ0) is 24.8. The standard InChI is InChI=1S/C24H23N5O5/c1-14-6-8-17(9-7-14)29-24(31)18(12-25)15(2)21(28-29)23(30)27-26-13-16-10-19(32-3)22(34-5)20(11-16)33-4/h6-11,13H,1-5H3,(H,27,30)/b26-13+. The molecular weight excluding hydrogens is 438 g/mol. The van der Waals surface area contributed by atoms with Crippen molar-refractivity contribution in [1.29, 1.82) is 5.26 Å². The molecule has 0 fully saturated rings. The van der Waals surface area contributed by atoms with Crippen LogP contribution in [0.15, 0.2) is 46.3 Å². The van der Waals surface area contributed by atoms with Gasteiger partial charge in [0.05, 0.1) is 33.2 Å². The minimum atomic E-state index is -0.682. The lowest BCUT2D eigenvalue weighted by Gasteiger charge is -2.12. The molecule has 3 rings (SSSR count). The van der Waals surface area contributed by atoms with Gasteiger partial charge in [-0.2, -0.15) is 20.1 Å². The van der Waals surface area contributed by atoms with Crippen molar-refractivity contribution in [3.05, 3.63) is 74.7 Å². The maximum absolute atomic E-state index is 12.8. The Balaban J connectivity index is 1.94. The molecule has 1 aromatic heterocycles. The van der Waals surface area contributed by atoms with E-state index in [-0.39, 0.29) is 16.8 Å². The fraction of sp³-hybridized carbons (Fsp3) is 0.208. The topological polar surface area (TPSA) is 128 Å². The van der Waals surface area contributed by atoms with Crippen molar-refractivity contribution in [2.75, 3.05) is 21.3 Å². The van der Waals surface area contributed by atoms with Gasteiger partial charge in [-0.25, -0.2) is 5.43 Å². The van der Waals surface area contributed by atoms with Gasteiger partial charge in [-0.05, 0) is 38.1 Å². The van der Waals surface area contributed by atoms with Crippen LogP contribution in [0.5, 0.6) is 17.2 Å². The SMILES string of the molecule is COc1cc(/C=N/NC(=O)c2nn(-c3ccc(C)cc3)c(=O)c(C#N)c2C)cc(OC)c1OC. The second-order valence-electron chi connectivity index (χ2n) is 7.17. The summed E-state index contributed by atoms with van der Waals surface area (Å²) in [6.45, 7) is 3.39. The van der Waals surface area contributed by atoms with Gasteiger partial charge in [-0.1, -0.05) is 17.7 Å². The van der Waals surface area contributed by atoms with Crippen LogP contribution in [0, 0.1) is 25.2 Å². The highest BCUT2D eigenvalue weighted by Gasteiger charge is 2.20. The number of carbonyl (C=O) groups is 1. The molecule has 3 aromatic rings. The highest BCUT2D eigenvalue weighted by Crippen LogP contribution is 2.37. The summed E-state index contributed by atoms with van der Waals surface area (Å²) >= 11 is 0. The number of benzene rings is 2. The molecule has 174 valence electrons. The van der Waals surface area contributed by atoms with Gasteiger partial charge in [0.1, 0.15) is 11.6 Å². The average Bonchev–Trinajstić information content (AvgIpc) is 2.84. The van der Waals surface area contributed by atoms with E-state index in [0.717, 1.165) is 10.2 Å². The summed E-state index contributed by atoms with van der Waals surface area (Å²) in [4.78, 5) is 25.6. The van der Waals surface area contributed by atoms with Gasteiger partial charge in [0.2, 0.25) is 5.75 Å².